The Kier molecular flexibility index (Phi) is 6.73. The monoisotopic (exact) mass is 334 g/mol. The van der Waals surface area contributed by atoms with Gasteiger partial charge in [-0.1, -0.05) is 13.8 Å². The second kappa shape index (κ2) is 8.78. The smallest absolute Gasteiger partial charge is 0.193 e. The second-order valence-electron chi connectivity index (χ2n) is 6.48. The van der Waals surface area contributed by atoms with Crippen LogP contribution in [-0.4, -0.2) is 50.8 Å². The largest absolute Gasteiger partial charge is 0.493 e. The summed E-state index contributed by atoms with van der Waals surface area (Å²) < 4.78 is 10.5. The molecule has 0 amide bonds. The normalized spacial score (nSPS) is 17.1. The Balaban J connectivity index is 1.99. The minimum absolute atomic E-state index is 0.423. The summed E-state index contributed by atoms with van der Waals surface area (Å²) in [5.41, 5.74) is 6.89. The number of hydrogen-bond acceptors (Lipinski definition) is 4. The van der Waals surface area contributed by atoms with Gasteiger partial charge in [0, 0.05) is 17.8 Å². The average molecular weight is 334 g/mol. The van der Waals surface area contributed by atoms with Crippen LogP contribution < -0.4 is 20.5 Å². The van der Waals surface area contributed by atoms with E-state index in [1.165, 1.54) is 25.9 Å². The summed E-state index contributed by atoms with van der Waals surface area (Å²) in [7, 11) is 3.23. The van der Waals surface area contributed by atoms with Crippen LogP contribution in [0, 0.1) is 5.92 Å². The Morgan fingerprint density at radius 3 is 2.46 bits per heavy atom. The molecule has 3 N–H and O–H groups in total. The Labute approximate surface area is 145 Å². The van der Waals surface area contributed by atoms with E-state index in [1.807, 2.05) is 18.2 Å². The zero-order valence-electron chi connectivity index (χ0n) is 15.2. The van der Waals surface area contributed by atoms with Crippen molar-refractivity contribution >= 4 is 11.6 Å². The second-order valence-corrected chi connectivity index (χ2v) is 6.48. The molecule has 134 valence electrons. The Morgan fingerprint density at radius 1 is 1.21 bits per heavy atom. The van der Waals surface area contributed by atoms with E-state index in [2.05, 4.69) is 29.1 Å². The van der Waals surface area contributed by atoms with Gasteiger partial charge >= 0.3 is 0 Å². The van der Waals surface area contributed by atoms with Crippen LogP contribution in [-0.2, 0) is 0 Å². The van der Waals surface area contributed by atoms with Gasteiger partial charge in [0.1, 0.15) is 0 Å². The lowest BCUT2D eigenvalue weighted by Gasteiger charge is -2.29. The maximum atomic E-state index is 6.06. The topological polar surface area (TPSA) is 72.1 Å². The van der Waals surface area contributed by atoms with Gasteiger partial charge in [0.2, 0.25) is 0 Å². The molecule has 0 saturated carbocycles. The van der Waals surface area contributed by atoms with Gasteiger partial charge in [0.05, 0.1) is 20.8 Å². The minimum Gasteiger partial charge on any atom is -0.493 e. The van der Waals surface area contributed by atoms with Crippen molar-refractivity contribution < 1.29 is 9.47 Å². The number of ether oxygens (including phenoxy) is 2. The first-order valence-corrected chi connectivity index (χ1v) is 8.58. The van der Waals surface area contributed by atoms with Crippen molar-refractivity contribution in [3.05, 3.63) is 18.2 Å². The first-order valence-electron chi connectivity index (χ1n) is 8.58. The van der Waals surface area contributed by atoms with Crippen LogP contribution in [0.2, 0.25) is 0 Å². The highest BCUT2D eigenvalue weighted by Gasteiger charge is 2.24. The summed E-state index contributed by atoms with van der Waals surface area (Å²) in [5.74, 6) is 2.33. The third kappa shape index (κ3) is 4.77. The third-order valence-electron chi connectivity index (χ3n) is 4.48. The highest BCUT2D eigenvalue weighted by Crippen LogP contribution is 2.29. The number of hydrogen-bond donors (Lipinski definition) is 2. The summed E-state index contributed by atoms with van der Waals surface area (Å²) in [6, 6.07) is 6.03. The lowest BCUT2D eigenvalue weighted by molar-refractivity contribution is 0.198. The number of benzene rings is 1. The van der Waals surface area contributed by atoms with Gasteiger partial charge < -0.3 is 20.5 Å². The molecule has 1 aliphatic heterocycles. The number of nitrogens with two attached hydrogens (primary N) is 1. The van der Waals surface area contributed by atoms with Gasteiger partial charge in [-0.3, -0.25) is 9.89 Å². The maximum Gasteiger partial charge on any atom is 0.193 e. The highest BCUT2D eigenvalue weighted by molar-refractivity contribution is 5.92. The molecule has 1 heterocycles. The van der Waals surface area contributed by atoms with E-state index in [1.54, 1.807) is 14.2 Å². The predicted octanol–water partition coefficient (Wildman–Crippen LogP) is 2.55. The number of likely N-dealkylation sites (tertiary alicyclic amines) is 1. The number of aliphatic imine (C=N–C) groups is 1. The molecule has 1 unspecified atom stereocenters. The van der Waals surface area contributed by atoms with E-state index >= 15 is 0 Å². The molecule has 0 aliphatic carbocycles. The van der Waals surface area contributed by atoms with Crippen molar-refractivity contribution in [2.24, 2.45) is 16.6 Å². The first-order chi connectivity index (χ1) is 11.5. The Hall–Kier alpha value is -1.95. The molecule has 0 radical (unpaired) electrons. The number of methoxy groups -OCH3 is 2. The van der Waals surface area contributed by atoms with Crippen molar-refractivity contribution in [3.63, 3.8) is 0 Å². The molecular weight excluding hydrogens is 304 g/mol. The number of nitrogens with one attached hydrogen (secondary N) is 1. The summed E-state index contributed by atoms with van der Waals surface area (Å²) in [4.78, 5) is 7.08. The molecule has 1 atom stereocenters. The molecular formula is C18H30N4O2. The van der Waals surface area contributed by atoms with Gasteiger partial charge in [0.25, 0.3) is 0 Å². The maximum absolute atomic E-state index is 6.06. The number of anilines is 1. The zero-order valence-corrected chi connectivity index (χ0v) is 15.2. The van der Waals surface area contributed by atoms with E-state index < -0.39 is 0 Å². The predicted molar refractivity (Wildman–Crippen MR) is 99.1 cm³/mol. The van der Waals surface area contributed by atoms with E-state index in [4.69, 9.17) is 15.2 Å². The quantitative estimate of drug-likeness (QED) is 0.592. The third-order valence-corrected chi connectivity index (χ3v) is 4.48. The van der Waals surface area contributed by atoms with Crippen LogP contribution >= 0.6 is 0 Å². The van der Waals surface area contributed by atoms with E-state index in [0.717, 1.165) is 5.69 Å². The van der Waals surface area contributed by atoms with Crippen LogP contribution in [0.3, 0.4) is 0 Å². The standard InChI is InChI=1S/C18H30N4O2/c1-13(2)15(22-9-5-6-10-22)12-20-18(19)21-14-7-8-16(23-3)17(11-14)24-4/h7-8,11,13,15H,5-6,9-10,12H2,1-4H3,(H3,19,20,21). The van der Waals surface area contributed by atoms with Crippen molar-refractivity contribution in [2.45, 2.75) is 32.7 Å². The fraction of sp³-hybridized carbons (Fsp3) is 0.611. The average Bonchev–Trinajstić information content (AvgIpc) is 3.08. The Morgan fingerprint density at radius 2 is 1.88 bits per heavy atom. The van der Waals surface area contributed by atoms with Gasteiger partial charge in [-0.2, -0.15) is 0 Å². The molecule has 0 spiro atoms. The summed E-state index contributed by atoms with van der Waals surface area (Å²) >= 11 is 0. The fourth-order valence-electron chi connectivity index (χ4n) is 3.11. The fourth-order valence-corrected chi connectivity index (χ4v) is 3.11. The lowest BCUT2D eigenvalue weighted by atomic mass is 10.0. The van der Waals surface area contributed by atoms with Crippen molar-refractivity contribution in [1.29, 1.82) is 0 Å². The molecule has 1 aromatic rings. The van der Waals surface area contributed by atoms with Crippen LogP contribution in [0.5, 0.6) is 11.5 Å². The van der Waals surface area contributed by atoms with Gasteiger partial charge in [-0.05, 0) is 44.0 Å². The molecule has 1 aromatic carbocycles. The van der Waals surface area contributed by atoms with Crippen LogP contribution in [0.15, 0.2) is 23.2 Å². The van der Waals surface area contributed by atoms with Crippen LogP contribution in [0.1, 0.15) is 26.7 Å². The van der Waals surface area contributed by atoms with Crippen LogP contribution in [0.4, 0.5) is 5.69 Å². The number of nitrogens with zero attached hydrogens (tertiary/aromatic N) is 2. The number of rotatable bonds is 7. The van der Waals surface area contributed by atoms with Gasteiger partial charge in [-0.15, -0.1) is 0 Å². The highest BCUT2D eigenvalue weighted by atomic mass is 16.5. The van der Waals surface area contributed by atoms with Gasteiger partial charge in [-0.25, -0.2) is 0 Å². The number of guanidine groups is 1. The minimum atomic E-state index is 0.423. The summed E-state index contributed by atoms with van der Waals surface area (Å²) in [6.07, 6.45) is 2.57. The first kappa shape index (κ1) is 18.4. The molecule has 1 saturated heterocycles. The Bertz CT molecular complexity index is 554. The van der Waals surface area contributed by atoms with Crippen LogP contribution in [0.25, 0.3) is 0 Å². The zero-order chi connectivity index (χ0) is 17.5. The van der Waals surface area contributed by atoms with E-state index in [0.29, 0.717) is 36.0 Å². The van der Waals surface area contributed by atoms with Crippen molar-refractivity contribution in [1.82, 2.24) is 4.90 Å². The lowest BCUT2D eigenvalue weighted by Crippen LogP contribution is -2.40. The molecule has 6 nitrogen and oxygen atoms in total. The van der Waals surface area contributed by atoms with E-state index in [-0.39, 0.29) is 0 Å². The SMILES string of the molecule is COc1ccc(NC(N)=NCC(C(C)C)N2CCCC2)cc1OC. The van der Waals surface area contributed by atoms with Crippen molar-refractivity contribution in [3.8, 4) is 11.5 Å². The molecule has 6 heteroatoms. The molecule has 1 fully saturated rings. The molecule has 2 rings (SSSR count). The molecule has 24 heavy (non-hydrogen) atoms. The molecule has 0 bridgehead atoms. The molecule has 0 aromatic heterocycles. The summed E-state index contributed by atoms with van der Waals surface area (Å²) in [6.45, 7) is 7.54. The van der Waals surface area contributed by atoms with Crippen molar-refractivity contribution in [2.75, 3.05) is 39.2 Å². The van der Waals surface area contributed by atoms with Gasteiger partial charge in [0.15, 0.2) is 17.5 Å². The summed E-state index contributed by atoms with van der Waals surface area (Å²) in [5, 5.41) is 3.13. The van der Waals surface area contributed by atoms with E-state index in [9.17, 15) is 0 Å². The molecule has 1 aliphatic rings.